The SMILES string of the molecule is CNc1cc(C)nc(CN2CCCC3C(=O)NCC32)n1. The first-order chi connectivity index (χ1) is 9.67. The summed E-state index contributed by atoms with van der Waals surface area (Å²) in [5.74, 6) is 2.04. The van der Waals surface area contributed by atoms with Crippen molar-refractivity contribution in [2.45, 2.75) is 32.4 Å². The molecular formula is C14H21N5O. The Bertz CT molecular complexity index is 518. The molecule has 6 heteroatoms. The number of likely N-dealkylation sites (tertiary alicyclic amines) is 1. The van der Waals surface area contributed by atoms with Gasteiger partial charge in [-0.15, -0.1) is 0 Å². The van der Waals surface area contributed by atoms with Crippen LogP contribution in [0.5, 0.6) is 0 Å². The Kier molecular flexibility index (Phi) is 3.56. The molecule has 0 aromatic carbocycles. The number of rotatable bonds is 3. The van der Waals surface area contributed by atoms with E-state index < -0.39 is 0 Å². The molecule has 2 fully saturated rings. The van der Waals surface area contributed by atoms with Gasteiger partial charge in [0.25, 0.3) is 0 Å². The van der Waals surface area contributed by atoms with Crippen LogP contribution in [0.1, 0.15) is 24.4 Å². The third-order valence-electron chi connectivity index (χ3n) is 4.22. The molecule has 0 saturated carbocycles. The molecule has 108 valence electrons. The Morgan fingerprint density at radius 2 is 2.35 bits per heavy atom. The fourth-order valence-electron chi connectivity index (χ4n) is 3.25. The highest BCUT2D eigenvalue weighted by molar-refractivity contribution is 5.82. The molecular weight excluding hydrogens is 254 g/mol. The minimum Gasteiger partial charge on any atom is -0.373 e. The summed E-state index contributed by atoms with van der Waals surface area (Å²) in [4.78, 5) is 23.2. The van der Waals surface area contributed by atoms with Crippen LogP contribution in [0.3, 0.4) is 0 Å². The quantitative estimate of drug-likeness (QED) is 0.842. The van der Waals surface area contributed by atoms with Gasteiger partial charge in [-0.05, 0) is 26.3 Å². The number of aryl methyl sites for hydroxylation is 1. The standard InChI is InChI=1S/C14H21N5O/c1-9-6-12(15-2)18-13(17-9)8-19-5-3-4-10-11(19)7-16-14(10)20/h6,10-11H,3-5,7-8H2,1-2H3,(H,16,20)(H,15,17,18). The van der Waals surface area contributed by atoms with Crippen molar-refractivity contribution in [3.05, 3.63) is 17.6 Å². The smallest absolute Gasteiger partial charge is 0.224 e. The van der Waals surface area contributed by atoms with Crippen LogP contribution in [0, 0.1) is 12.8 Å². The van der Waals surface area contributed by atoms with Crippen molar-refractivity contribution < 1.29 is 4.79 Å². The van der Waals surface area contributed by atoms with Crippen LogP contribution >= 0.6 is 0 Å². The molecule has 20 heavy (non-hydrogen) atoms. The third-order valence-corrected chi connectivity index (χ3v) is 4.22. The molecule has 0 radical (unpaired) electrons. The molecule has 2 aliphatic heterocycles. The lowest BCUT2D eigenvalue weighted by Crippen LogP contribution is -2.45. The first-order valence-electron chi connectivity index (χ1n) is 7.21. The van der Waals surface area contributed by atoms with Crippen molar-refractivity contribution in [2.24, 2.45) is 5.92 Å². The molecule has 0 aliphatic carbocycles. The summed E-state index contributed by atoms with van der Waals surface area (Å²) < 4.78 is 0. The second kappa shape index (κ2) is 5.36. The molecule has 3 rings (SSSR count). The van der Waals surface area contributed by atoms with Gasteiger partial charge in [-0.2, -0.15) is 0 Å². The van der Waals surface area contributed by atoms with Crippen molar-refractivity contribution in [2.75, 3.05) is 25.5 Å². The van der Waals surface area contributed by atoms with E-state index in [4.69, 9.17) is 0 Å². The number of hydrogen-bond donors (Lipinski definition) is 2. The maximum absolute atomic E-state index is 11.8. The van der Waals surface area contributed by atoms with E-state index in [1.165, 1.54) is 0 Å². The van der Waals surface area contributed by atoms with E-state index >= 15 is 0 Å². The summed E-state index contributed by atoms with van der Waals surface area (Å²) in [7, 11) is 1.86. The highest BCUT2D eigenvalue weighted by Gasteiger charge is 2.40. The second-order valence-corrected chi connectivity index (χ2v) is 5.59. The van der Waals surface area contributed by atoms with E-state index in [2.05, 4.69) is 25.5 Å². The predicted molar refractivity (Wildman–Crippen MR) is 76.2 cm³/mol. The lowest BCUT2D eigenvalue weighted by Gasteiger charge is -2.35. The van der Waals surface area contributed by atoms with Crippen molar-refractivity contribution in [1.82, 2.24) is 20.2 Å². The third kappa shape index (κ3) is 2.47. The number of piperidine rings is 1. The van der Waals surface area contributed by atoms with Gasteiger partial charge in [-0.3, -0.25) is 9.69 Å². The molecule has 6 nitrogen and oxygen atoms in total. The predicted octanol–water partition coefficient (Wildman–Crippen LogP) is 0.537. The normalized spacial score (nSPS) is 26.2. The Morgan fingerprint density at radius 3 is 3.15 bits per heavy atom. The van der Waals surface area contributed by atoms with Crippen molar-refractivity contribution in [3.8, 4) is 0 Å². The van der Waals surface area contributed by atoms with E-state index in [1.54, 1.807) is 0 Å². The molecule has 2 saturated heterocycles. The summed E-state index contributed by atoms with van der Waals surface area (Å²) in [6.07, 6.45) is 2.07. The van der Waals surface area contributed by atoms with Crippen LogP contribution in [0.4, 0.5) is 5.82 Å². The Morgan fingerprint density at radius 1 is 1.50 bits per heavy atom. The highest BCUT2D eigenvalue weighted by Crippen LogP contribution is 2.28. The number of amides is 1. The highest BCUT2D eigenvalue weighted by atomic mass is 16.2. The molecule has 2 N–H and O–H groups in total. The monoisotopic (exact) mass is 275 g/mol. The molecule has 0 spiro atoms. The average Bonchev–Trinajstić information content (AvgIpc) is 2.81. The fourth-order valence-corrected chi connectivity index (χ4v) is 3.25. The topological polar surface area (TPSA) is 70.2 Å². The van der Waals surface area contributed by atoms with Gasteiger partial charge in [-0.25, -0.2) is 9.97 Å². The van der Waals surface area contributed by atoms with E-state index in [0.717, 1.165) is 43.3 Å². The van der Waals surface area contributed by atoms with Crippen LogP contribution in [0.25, 0.3) is 0 Å². The first kappa shape index (κ1) is 13.3. The zero-order valence-corrected chi connectivity index (χ0v) is 12.0. The van der Waals surface area contributed by atoms with E-state index in [0.29, 0.717) is 12.6 Å². The van der Waals surface area contributed by atoms with E-state index in [1.807, 2.05) is 20.0 Å². The Labute approximate surface area is 119 Å². The van der Waals surface area contributed by atoms with Crippen molar-refractivity contribution >= 4 is 11.7 Å². The average molecular weight is 275 g/mol. The van der Waals surface area contributed by atoms with Gasteiger partial charge < -0.3 is 10.6 Å². The zero-order valence-electron chi connectivity index (χ0n) is 12.0. The molecule has 1 aromatic heterocycles. The Balaban J connectivity index is 1.77. The molecule has 1 aromatic rings. The van der Waals surface area contributed by atoms with Gasteiger partial charge in [-0.1, -0.05) is 0 Å². The van der Waals surface area contributed by atoms with E-state index in [9.17, 15) is 4.79 Å². The number of carbonyl (C=O) groups excluding carboxylic acids is 1. The number of nitrogens with zero attached hydrogens (tertiary/aromatic N) is 3. The van der Waals surface area contributed by atoms with Gasteiger partial charge in [0.05, 0.1) is 12.5 Å². The summed E-state index contributed by atoms with van der Waals surface area (Å²) in [6.45, 7) is 4.47. The van der Waals surface area contributed by atoms with Crippen molar-refractivity contribution in [1.29, 1.82) is 0 Å². The van der Waals surface area contributed by atoms with Crippen molar-refractivity contribution in [3.63, 3.8) is 0 Å². The van der Waals surface area contributed by atoms with Gasteiger partial charge in [0, 0.05) is 31.4 Å². The molecule has 2 aliphatic rings. The van der Waals surface area contributed by atoms with Gasteiger partial charge >= 0.3 is 0 Å². The zero-order chi connectivity index (χ0) is 14.1. The largest absolute Gasteiger partial charge is 0.373 e. The lowest BCUT2D eigenvalue weighted by molar-refractivity contribution is -0.124. The minimum atomic E-state index is 0.150. The van der Waals surface area contributed by atoms with Crippen LogP contribution < -0.4 is 10.6 Å². The summed E-state index contributed by atoms with van der Waals surface area (Å²) >= 11 is 0. The number of anilines is 1. The van der Waals surface area contributed by atoms with Gasteiger partial charge in [0.15, 0.2) is 0 Å². The second-order valence-electron chi connectivity index (χ2n) is 5.59. The van der Waals surface area contributed by atoms with Gasteiger partial charge in [0.1, 0.15) is 11.6 Å². The molecule has 1 amide bonds. The van der Waals surface area contributed by atoms with Crippen LogP contribution in [-0.2, 0) is 11.3 Å². The number of fused-ring (bicyclic) bond motifs is 1. The van der Waals surface area contributed by atoms with Crippen LogP contribution in [-0.4, -0.2) is 47.0 Å². The number of hydrogen-bond acceptors (Lipinski definition) is 5. The first-order valence-corrected chi connectivity index (χ1v) is 7.21. The number of carbonyl (C=O) groups is 1. The summed E-state index contributed by atoms with van der Waals surface area (Å²) in [5.41, 5.74) is 0.966. The van der Waals surface area contributed by atoms with Crippen LogP contribution in [0.2, 0.25) is 0 Å². The lowest BCUT2D eigenvalue weighted by atomic mass is 9.91. The molecule has 2 atom stereocenters. The maximum atomic E-state index is 11.8. The minimum absolute atomic E-state index is 0.150. The maximum Gasteiger partial charge on any atom is 0.224 e. The fraction of sp³-hybridized carbons (Fsp3) is 0.643. The summed E-state index contributed by atoms with van der Waals surface area (Å²) in [6, 6.07) is 2.24. The van der Waals surface area contributed by atoms with E-state index in [-0.39, 0.29) is 11.8 Å². The molecule has 0 bridgehead atoms. The van der Waals surface area contributed by atoms with Gasteiger partial charge in [0.2, 0.25) is 5.91 Å². The molecule has 3 heterocycles. The molecule has 2 unspecified atom stereocenters. The van der Waals surface area contributed by atoms with Crippen LogP contribution in [0.15, 0.2) is 6.07 Å². The summed E-state index contributed by atoms with van der Waals surface area (Å²) in [5, 5.41) is 6.04. The number of nitrogens with one attached hydrogen (secondary N) is 2. The number of aromatic nitrogens is 2. The Hall–Kier alpha value is -1.69.